The van der Waals surface area contributed by atoms with Crippen LogP contribution in [-0.4, -0.2) is 38.3 Å². The van der Waals surface area contributed by atoms with Gasteiger partial charge in [0.2, 0.25) is 0 Å². The average molecular weight is 639 g/mol. The van der Waals surface area contributed by atoms with Gasteiger partial charge in [-0.2, -0.15) is 4.99 Å². The molecule has 45 heavy (non-hydrogen) atoms. The second-order valence-electron chi connectivity index (χ2n) is 10.7. The molecule has 3 aromatic carbocycles. The molecule has 0 radical (unpaired) electrons. The molecule has 0 fully saturated rings. The van der Waals surface area contributed by atoms with Gasteiger partial charge >= 0.3 is 12.4 Å². The Morgan fingerprint density at radius 2 is 1.76 bits per heavy atom. The van der Waals surface area contributed by atoms with Crippen LogP contribution in [0.1, 0.15) is 49.4 Å². The molecule has 0 saturated heterocycles. The van der Waals surface area contributed by atoms with E-state index in [1.165, 1.54) is 58.7 Å². The van der Waals surface area contributed by atoms with Crippen molar-refractivity contribution in [3.63, 3.8) is 0 Å². The summed E-state index contributed by atoms with van der Waals surface area (Å²) in [4.78, 5) is 22.0. The third-order valence-electron chi connectivity index (χ3n) is 7.05. The Morgan fingerprint density at radius 3 is 2.42 bits per heavy atom. The number of carbonyl (C=O) groups is 1. The van der Waals surface area contributed by atoms with E-state index < -0.39 is 12.4 Å². The average Bonchev–Trinajstić information content (AvgIpc) is 3.63. The Morgan fingerprint density at radius 1 is 1.04 bits per heavy atom. The standard InChI is InChI=1S/C32H30F4N6O2S/c1-19(2)27-15-24(33)9-14-28(27)42-21(4)17-45-31(42)39-30(43)37-16-20(3)22-5-7-23(8-6-22)29-38-18-41(40-29)25-10-12-26(13-11-25)44-32(34,35)36/h5-15,17-20H,16H2,1-4H3,(H,37,43)/b39-31-. The van der Waals surface area contributed by atoms with Crippen LogP contribution in [0.25, 0.3) is 22.8 Å². The number of hydrogen-bond donors (Lipinski definition) is 1. The minimum absolute atomic E-state index is 0.0250. The van der Waals surface area contributed by atoms with E-state index in [9.17, 15) is 22.4 Å². The van der Waals surface area contributed by atoms with E-state index in [4.69, 9.17) is 0 Å². The van der Waals surface area contributed by atoms with Crippen LogP contribution in [0.2, 0.25) is 0 Å². The van der Waals surface area contributed by atoms with Crippen molar-refractivity contribution >= 4 is 17.4 Å². The Labute approximate surface area is 260 Å². The number of nitrogens with zero attached hydrogens (tertiary/aromatic N) is 5. The molecular weight excluding hydrogens is 608 g/mol. The number of alkyl halides is 3. The summed E-state index contributed by atoms with van der Waals surface area (Å²) in [5.41, 5.74) is 4.76. The molecule has 0 spiro atoms. The zero-order valence-electron chi connectivity index (χ0n) is 24.8. The zero-order chi connectivity index (χ0) is 32.3. The van der Waals surface area contributed by atoms with Crippen LogP contribution in [0.5, 0.6) is 5.75 Å². The molecule has 0 aliphatic carbocycles. The number of aryl methyl sites for hydroxylation is 1. The summed E-state index contributed by atoms with van der Waals surface area (Å²) < 4.78 is 58.5. The number of rotatable bonds is 8. The maximum absolute atomic E-state index is 14.0. The van der Waals surface area contributed by atoms with Crippen molar-refractivity contribution < 1.29 is 27.1 Å². The maximum atomic E-state index is 14.0. The van der Waals surface area contributed by atoms with Crippen molar-refractivity contribution in [1.82, 2.24) is 24.6 Å². The van der Waals surface area contributed by atoms with Crippen LogP contribution >= 0.6 is 11.3 Å². The number of ether oxygens (including phenoxy) is 1. The second kappa shape index (κ2) is 13.1. The quantitative estimate of drug-likeness (QED) is 0.177. The number of urea groups is 1. The third-order valence-corrected chi connectivity index (χ3v) is 8.00. The van der Waals surface area contributed by atoms with E-state index in [1.54, 1.807) is 6.07 Å². The van der Waals surface area contributed by atoms with Gasteiger partial charge in [0.1, 0.15) is 17.9 Å². The van der Waals surface area contributed by atoms with Crippen LogP contribution < -0.4 is 14.9 Å². The van der Waals surface area contributed by atoms with E-state index >= 15 is 0 Å². The summed E-state index contributed by atoms with van der Waals surface area (Å²) in [7, 11) is 0. The van der Waals surface area contributed by atoms with E-state index in [0.717, 1.165) is 28.1 Å². The summed E-state index contributed by atoms with van der Waals surface area (Å²) in [6.45, 7) is 8.23. The molecule has 2 aromatic heterocycles. The fourth-order valence-electron chi connectivity index (χ4n) is 4.72. The molecule has 5 aromatic rings. The highest BCUT2D eigenvalue weighted by Crippen LogP contribution is 2.26. The zero-order valence-corrected chi connectivity index (χ0v) is 25.7. The van der Waals surface area contributed by atoms with Gasteiger partial charge in [-0.1, -0.05) is 45.0 Å². The van der Waals surface area contributed by atoms with Crippen molar-refractivity contribution in [2.24, 2.45) is 4.99 Å². The SMILES string of the molecule is Cc1cs/c(=N\C(=O)NCC(C)c2ccc(-c3ncn(-c4ccc(OC(F)(F)F)cc4)n3)cc2)n1-c1ccc(F)cc1C(C)C. The third kappa shape index (κ3) is 7.66. The van der Waals surface area contributed by atoms with Crippen LogP contribution in [0.15, 0.2) is 83.4 Å². The monoisotopic (exact) mass is 638 g/mol. The number of thiazole rings is 1. The summed E-state index contributed by atoms with van der Waals surface area (Å²) in [6, 6.07) is 17.1. The lowest BCUT2D eigenvalue weighted by molar-refractivity contribution is -0.274. The Balaban J connectivity index is 1.23. The van der Waals surface area contributed by atoms with Gasteiger partial charge in [-0.25, -0.2) is 18.9 Å². The highest BCUT2D eigenvalue weighted by atomic mass is 32.1. The number of aromatic nitrogens is 4. The molecule has 0 aliphatic heterocycles. The molecule has 1 atom stereocenters. The van der Waals surface area contributed by atoms with Gasteiger partial charge in [0.05, 0.1) is 11.4 Å². The summed E-state index contributed by atoms with van der Waals surface area (Å²) in [5, 5.41) is 9.22. The molecule has 1 unspecified atom stereocenters. The second-order valence-corrected chi connectivity index (χ2v) is 11.6. The van der Waals surface area contributed by atoms with Gasteiger partial charge in [0.15, 0.2) is 10.6 Å². The fourth-order valence-corrected chi connectivity index (χ4v) is 5.59. The minimum Gasteiger partial charge on any atom is -0.406 e. The number of halogens is 4. The van der Waals surface area contributed by atoms with Crippen LogP contribution in [0.4, 0.5) is 22.4 Å². The molecule has 0 aliphatic rings. The van der Waals surface area contributed by atoms with Crippen LogP contribution in [0.3, 0.4) is 0 Å². The van der Waals surface area contributed by atoms with E-state index in [2.05, 4.69) is 25.1 Å². The van der Waals surface area contributed by atoms with Crippen molar-refractivity contribution in [1.29, 1.82) is 0 Å². The number of nitrogens with one attached hydrogen (secondary N) is 1. The van der Waals surface area contributed by atoms with Gasteiger partial charge < -0.3 is 10.1 Å². The first-order valence-corrected chi connectivity index (χ1v) is 14.9. The van der Waals surface area contributed by atoms with Crippen molar-refractivity contribution in [3.8, 4) is 28.5 Å². The Hall–Kier alpha value is -4.78. The van der Waals surface area contributed by atoms with Gasteiger partial charge in [-0.3, -0.25) is 4.57 Å². The van der Waals surface area contributed by atoms with E-state index in [0.29, 0.717) is 22.9 Å². The highest BCUT2D eigenvalue weighted by molar-refractivity contribution is 7.07. The number of amides is 2. The molecule has 1 N–H and O–H groups in total. The fraction of sp³-hybridized carbons (Fsp3) is 0.250. The van der Waals surface area contributed by atoms with Crippen molar-refractivity contribution in [2.45, 2.75) is 45.9 Å². The molecule has 13 heteroatoms. The smallest absolute Gasteiger partial charge is 0.406 e. The largest absolute Gasteiger partial charge is 0.573 e. The Kier molecular flexibility index (Phi) is 9.19. The predicted molar refractivity (Wildman–Crippen MR) is 163 cm³/mol. The van der Waals surface area contributed by atoms with Gasteiger partial charge in [-0.15, -0.1) is 29.6 Å². The lowest BCUT2D eigenvalue weighted by Crippen LogP contribution is -2.28. The maximum Gasteiger partial charge on any atom is 0.573 e. The van der Waals surface area contributed by atoms with Crippen molar-refractivity contribution in [2.75, 3.05) is 6.54 Å². The molecule has 234 valence electrons. The lowest BCUT2D eigenvalue weighted by atomic mass is 10.00. The molecule has 5 rings (SSSR count). The normalized spacial score (nSPS) is 12.9. The molecule has 2 heterocycles. The van der Waals surface area contributed by atoms with E-state index in [-0.39, 0.29) is 23.4 Å². The van der Waals surface area contributed by atoms with Gasteiger partial charge in [0.25, 0.3) is 0 Å². The summed E-state index contributed by atoms with van der Waals surface area (Å²) >= 11 is 1.34. The van der Waals surface area contributed by atoms with Crippen molar-refractivity contribution in [3.05, 3.63) is 106 Å². The van der Waals surface area contributed by atoms with Crippen LogP contribution in [0, 0.1) is 12.7 Å². The highest BCUT2D eigenvalue weighted by Gasteiger charge is 2.31. The first kappa shape index (κ1) is 31.6. The van der Waals surface area contributed by atoms with Crippen LogP contribution in [-0.2, 0) is 0 Å². The van der Waals surface area contributed by atoms with Gasteiger partial charge in [-0.05, 0) is 72.4 Å². The minimum atomic E-state index is -4.76. The number of hydrogen-bond acceptors (Lipinski definition) is 5. The van der Waals surface area contributed by atoms with Gasteiger partial charge in [0, 0.05) is 23.2 Å². The summed E-state index contributed by atoms with van der Waals surface area (Å²) in [5.74, 6) is -0.143. The summed E-state index contributed by atoms with van der Waals surface area (Å²) in [6.07, 6.45) is -3.29. The molecule has 0 saturated carbocycles. The molecule has 0 bridgehead atoms. The number of carbonyl (C=O) groups excluding carboxylic acids is 1. The number of benzene rings is 3. The molecule has 8 nitrogen and oxygen atoms in total. The predicted octanol–water partition coefficient (Wildman–Crippen LogP) is 7.67. The molecule has 2 amide bonds. The topological polar surface area (TPSA) is 86.3 Å². The first-order valence-electron chi connectivity index (χ1n) is 14.1. The molecular formula is C32H30F4N6O2S. The first-order chi connectivity index (χ1) is 21.4. The Bertz CT molecular complexity index is 1860. The van der Waals surface area contributed by atoms with E-state index in [1.807, 2.05) is 61.9 Å². The lowest BCUT2D eigenvalue weighted by Gasteiger charge is -2.15.